The fourth-order valence-electron chi connectivity index (χ4n) is 3.03. The lowest BCUT2D eigenvalue weighted by Gasteiger charge is -2.33. The van der Waals surface area contributed by atoms with Crippen LogP contribution in [0.4, 0.5) is 0 Å². The second kappa shape index (κ2) is 6.96. The highest BCUT2D eigenvalue weighted by atomic mass is 16.5. The van der Waals surface area contributed by atoms with Crippen molar-refractivity contribution in [3.8, 4) is 5.75 Å². The van der Waals surface area contributed by atoms with Crippen molar-refractivity contribution in [1.82, 2.24) is 9.47 Å². The van der Waals surface area contributed by atoms with Crippen molar-refractivity contribution in [3.05, 3.63) is 17.0 Å². The Balaban J connectivity index is 2.80. The number of carbonyl (C=O) groups excluding carboxylic acids is 3. The Kier molecular flexibility index (Phi) is 5.15. The number of hydrogen-bond donors (Lipinski definition) is 1. The summed E-state index contributed by atoms with van der Waals surface area (Å²) in [5.41, 5.74) is -0.948. The summed E-state index contributed by atoms with van der Waals surface area (Å²) < 4.78 is 11.1. The fourth-order valence-corrected chi connectivity index (χ4v) is 3.03. The fraction of sp³-hybridized carbons (Fsp3) is 0.500. The predicted molar refractivity (Wildman–Crippen MR) is 85.2 cm³/mol. The number of rotatable bonds is 6. The van der Waals surface area contributed by atoms with E-state index in [9.17, 15) is 24.3 Å². The van der Waals surface area contributed by atoms with Gasteiger partial charge in [0.1, 0.15) is 11.3 Å². The van der Waals surface area contributed by atoms with E-state index in [1.54, 1.807) is 13.8 Å². The van der Waals surface area contributed by atoms with E-state index in [4.69, 9.17) is 9.47 Å². The van der Waals surface area contributed by atoms with E-state index < -0.39 is 40.9 Å². The molecule has 9 heteroatoms. The molecule has 1 aliphatic heterocycles. The lowest BCUT2D eigenvalue weighted by Crippen LogP contribution is -2.43. The largest absolute Gasteiger partial charge is 0.493 e. The molecule has 2 heterocycles. The number of esters is 1. The summed E-state index contributed by atoms with van der Waals surface area (Å²) >= 11 is 0. The Morgan fingerprint density at radius 2 is 1.92 bits per heavy atom. The van der Waals surface area contributed by atoms with Gasteiger partial charge in [0.05, 0.1) is 13.7 Å². The molecule has 0 fully saturated rings. The molecule has 1 N–H and O–H groups in total. The summed E-state index contributed by atoms with van der Waals surface area (Å²) in [5, 5.41) is 9.56. The SMILES string of the molecule is CCOC(=O)C(=O)c1c(C(=O)O)c(OC)c2n1C(C)CN(CC)C2=O. The van der Waals surface area contributed by atoms with Crippen molar-refractivity contribution in [2.45, 2.75) is 26.8 Å². The number of carbonyl (C=O) groups is 4. The molecular weight excluding hydrogens is 332 g/mol. The highest BCUT2D eigenvalue weighted by molar-refractivity contribution is 6.42. The topological polar surface area (TPSA) is 115 Å². The standard InChI is InChI=1S/C16H20N2O7/c1-5-17-7-8(3)18-10(12(19)16(23)25-6-2)9(15(21)22)13(24-4)11(18)14(17)20/h8H,5-7H2,1-4H3,(H,21,22). The quantitative estimate of drug-likeness (QED) is 0.461. The second-order valence-corrected chi connectivity index (χ2v) is 5.52. The lowest BCUT2D eigenvalue weighted by atomic mass is 10.1. The van der Waals surface area contributed by atoms with E-state index in [0.717, 1.165) is 0 Å². The number of fused-ring (bicyclic) bond motifs is 1. The van der Waals surface area contributed by atoms with Crippen LogP contribution in [0.15, 0.2) is 0 Å². The van der Waals surface area contributed by atoms with Gasteiger partial charge in [0.25, 0.3) is 11.7 Å². The Hall–Kier alpha value is -2.84. The first-order valence-corrected chi connectivity index (χ1v) is 7.86. The molecule has 1 aromatic heterocycles. The first-order chi connectivity index (χ1) is 11.8. The number of aromatic nitrogens is 1. The molecule has 0 saturated heterocycles. The Morgan fingerprint density at radius 1 is 1.28 bits per heavy atom. The van der Waals surface area contributed by atoms with Crippen LogP contribution in [0.25, 0.3) is 0 Å². The number of methoxy groups -OCH3 is 1. The van der Waals surface area contributed by atoms with Crippen LogP contribution in [0.2, 0.25) is 0 Å². The Bertz CT molecular complexity index is 750. The van der Waals surface area contributed by atoms with E-state index in [1.807, 2.05) is 0 Å². The zero-order chi connectivity index (χ0) is 18.9. The summed E-state index contributed by atoms with van der Waals surface area (Å²) in [5.74, 6) is -4.44. The molecule has 0 bridgehead atoms. The molecule has 1 atom stereocenters. The molecule has 0 aliphatic carbocycles. The van der Waals surface area contributed by atoms with Crippen molar-refractivity contribution in [1.29, 1.82) is 0 Å². The number of Topliss-reactive ketones (excluding diaryl/α,β-unsaturated/α-hetero) is 1. The van der Waals surface area contributed by atoms with Crippen LogP contribution in [0, 0.1) is 0 Å². The maximum atomic E-state index is 12.7. The highest BCUT2D eigenvalue weighted by Crippen LogP contribution is 2.37. The zero-order valence-corrected chi connectivity index (χ0v) is 14.5. The van der Waals surface area contributed by atoms with E-state index >= 15 is 0 Å². The van der Waals surface area contributed by atoms with E-state index in [1.165, 1.54) is 23.5 Å². The zero-order valence-electron chi connectivity index (χ0n) is 14.5. The van der Waals surface area contributed by atoms with Crippen molar-refractivity contribution in [2.75, 3.05) is 26.8 Å². The van der Waals surface area contributed by atoms with Gasteiger partial charge in [-0.3, -0.25) is 9.59 Å². The van der Waals surface area contributed by atoms with Crippen LogP contribution >= 0.6 is 0 Å². The summed E-state index contributed by atoms with van der Waals surface area (Å²) in [7, 11) is 1.21. The first kappa shape index (κ1) is 18.5. The number of nitrogens with zero attached hydrogens (tertiary/aromatic N) is 2. The molecule has 0 spiro atoms. The molecule has 0 radical (unpaired) electrons. The molecule has 1 unspecified atom stereocenters. The van der Waals surface area contributed by atoms with E-state index in [0.29, 0.717) is 6.54 Å². The van der Waals surface area contributed by atoms with Crippen LogP contribution in [0.5, 0.6) is 5.75 Å². The van der Waals surface area contributed by atoms with Crippen molar-refractivity contribution in [3.63, 3.8) is 0 Å². The summed E-state index contributed by atoms with van der Waals surface area (Å²) in [6.07, 6.45) is 0. The number of likely N-dealkylation sites (N-methyl/N-ethyl adjacent to an activating group) is 1. The molecule has 0 saturated carbocycles. The maximum Gasteiger partial charge on any atom is 0.381 e. The predicted octanol–water partition coefficient (Wildman–Crippen LogP) is 0.977. The van der Waals surface area contributed by atoms with Gasteiger partial charge in [-0.1, -0.05) is 0 Å². The van der Waals surface area contributed by atoms with Gasteiger partial charge in [0, 0.05) is 19.1 Å². The minimum absolute atomic E-state index is 0.0320. The highest BCUT2D eigenvalue weighted by Gasteiger charge is 2.42. The molecule has 9 nitrogen and oxygen atoms in total. The lowest BCUT2D eigenvalue weighted by molar-refractivity contribution is -0.137. The van der Waals surface area contributed by atoms with Gasteiger partial charge in [-0.25, -0.2) is 9.59 Å². The van der Waals surface area contributed by atoms with Crippen LogP contribution in [-0.2, 0) is 9.53 Å². The van der Waals surface area contributed by atoms with Gasteiger partial charge >= 0.3 is 11.9 Å². The van der Waals surface area contributed by atoms with Gasteiger partial charge in [-0.15, -0.1) is 0 Å². The van der Waals surface area contributed by atoms with Gasteiger partial charge < -0.3 is 24.0 Å². The molecule has 25 heavy (non-hydrogen) atoms. The van der Waals surface area contributed by atoms with Crippen LogP contribution in [-0.4, -0.2) is 65.0 Å². The minimum Gasteiger partial charge on any atom is -0.493 e. The number of ketones is 1. The van der Waals surface area contributed by atoms with Crippen molar-refractivity contribution >= 4 is 23.6 Å². The van der Waals surface area contributed by atoms with Crippen LogP contribution in [0.1, 0.15) is 58.1 Å². The van der Waals surface area contributed by atoms with Gasteiger partial charge in [-0.2, -0.15) is 0 Å². The summed E-state index contributed by atoms with van der Waals surface area (Å²) in [6, 6.07) is -0.414. The number of amides is 1. The average molecular weight is 352 g/mol. The first-order valence-electron chi connectivity index (χ1n) is 7.86. The molecule has 1 amide bonds. The molecular formula is C16H20N2O7. The summed E-state index contributed by atoms with van der Waals surface area (Å²) in [4.78, 5) is 50.4. The number of carboxylic acids is 1. The van der Waals surface area contributed by atoms with E-state index in [-0.39, 0.29) is 24.6 Å². The number of aromatic carboxylic acids is 1. The third kappa shape index (κ3) is 2.86. The Morgan fingerprint density at radius 3 is 2.40 bits per heavy atom. The van der Waals surface area contributed by atoms with Crippen LogP contribution < -0.4 is 4.74 Å². The van der Waals surface area contributed by atoms with Gasteiger partial charge in [-0.05, 0) is 20.8 Å². The van der Waals surface area contributed by atoms with Crippen molar-refractivity contribution < 1.29 is 33.8 Å². The molecule has 136 valence electrons. The minimum atomic E-state index is -1.46. The normalized spacial score (nSPS) is 16.4. The van der Waals surface area contributed by atoms with Crippen LogP contribution in [0.3, 0.4) is 0 Å². The van der Waals surface area contributed by atoms with Gasteiger partial charge in [0.15, 0.2) is 11.4 Å². The van der Waals surface area contributed by atoms with Crippen molar-refractivity contribution in [2.24, 2.45) is 0 Å². The third-order valence-corrected chi connectivity index (χ3v) is 4.05. The maximum absolute atomic E-state index is 12.7. The number of ether oxygens (including phenoxy) is 2. The number of carboxylic acid groups (broad SMARTS) is 1. The third-order valence-electron chi connectivity index (χ3n) is 4.05. The smallest absolute Gasteiger partial charge is 0.381 e. The second-order valence-electron chi connectivity index (χ2n) is 5.52. The molecule has 1 aromatic rings. The summed E-state index contributed by atoms with van der Waals surface area (Å²) in [6.45, 7) is 5.71. The van der Waals surface area contributed by atoms with E-state index in [2.05, 4.69) is 0 Å². The average Bonchev–Trinajstić information content (AvgIpc) is 2.93. The molecule has 0 aromatic carbocycles. The number of hydrogen-bond acceptors (Lipinski definition) is 6. The molecule has 2 rings (SSSR count). The monoisotopic (exact) mass is 352 g/mol. The van der Waals surface area contributed by atoms with Gasteiger partial charge in [0.2, 0.25) is 0 Å². The molecule has 1 aliphatic rings. The Labute approximate surface area is 144 Å².